The lowest BCUT2D eigenvalue weighted by atomic mass is 10.0. The Morgan fingerprint density at radius 1 is 1.09 bits per heavy atom. The summed E-state index contributed by atoms with van der Waals surface area (Å²) in [5.41, 5.74) is 3.15. The largest absolute Gasteiger partial charge is 0.493 e. The summed E-state index contributed by atoms with van der Waals surface area (Å²) in [5.74, 6) is -0.343. The summed E-state index contributed by atoms with van der Waals surface area (Å²) in [7, 11) is 1.52. The molecule has 0 spiro atoms. The zero-order valence-corrected chi connectivity index (χ0v) is 20.1. The molecule has 0 bridgehead atoms. The van der Waals surface area contributed by atoms with Crippen molar-refractivity contribution >= 4 is 32.8 Å². The fraction of sp³-hybridized carbons (Fsp3) is 0.192. The van der Waals surface area contributed by atoms with Crippen molar-refractivity contribution in [2.75, 3.05) is 7.11 Å². The highest BCUT2D eigenvalue weighted by Gasteiger charge is 2.20. The third-order valence-corrected chi connectivity index (χ3v) is 6.35. The van der Waals surface area contributed by atoms with Gasteiger partial charge in [0.25, 0.3) is 0 Å². The molecule has 0 aliphatic rings. The Balaban J connectivity index is 1.46. The van der Waals surface area contributed by atoms with Gasteiger partial charge in [0.1, 0.15) is 18.5 Å². The summed E-state index contributed by atoms with van der Waals surface area (Å²) in [5, 5.41) is 13.9. The topological polar surface area (TPSA) is 83.6 Å². The van der Waals surface area contributed by atoms with Gasteiger partial charge in [-0.15, -0.1) is 0 Å². The van der Waals surface area contributed by atoms with Gasteiger partial charge in [0.2, 0.25) is 0 Å². The number of H-pyrrole nitrogens is 1. The normalized spacial score (nSPS) is 12.0. The molecule has 34 heavy (non-hydrogen) atoms. The van der Waals surface area contributed by atoms with Crippen molar-refractivity contribution in [2.24, 2.45) is 0 Å². The second-order valence-corrected chi connectivity index (χ2v) is 8.66. The summed E-state index contributed by atoms with van der Waals surface area (Å²) >= 11 is 3.53. The molecule has 176 valence electrons. The molecule has 0 fully saturated rings. The molecule has 1 heterocycles. The van der Waals surface area contributed by atoms with E-state index in [1.54, 1.807) is 30.3 Å². The van der Waals surface area contributed by atoms with Gasteiger partial charge in [0.15, 0.2) is 11.5 Å². The lowest BCUT2D eigenvalue weighted by molar-refractivity contribution is -0.139. The molecule has 6 nitrogen and oxygen atoms in total. The number of carboxylic acid groups (broad SMARTS) is 1. The highest BCUT2D eigenvalue weighted by atomic mass is 79.9. The minimum Gasteiger partial charge on any atom is -0.493 e. The van der Waals surface area contributed by atoms with E-state index in [1.165, 1.54) is 13.2 Å². The van der Waals surface area contributed by atoms with E-state index < -0.39 is 12.0 Å². The summed E-state index contributed by atoms with van der Waals surface area (Å²) < 4.78 is 25.9. The number of aromatic nitrogens is 1. The Labute approximate surface area is 204 Å². The van der Waals surface area contributed by atoms with Gasteiger partial charge in [0.05, 0.1) is 7.11 Å². The average Bonchev–Trinajstić information content (AvgIpc) is 3.24. The van der Waals surface area contributed by atoms with Gasteiger partial charge >= 0.3 is 5.97 Å². The van der Waals surface area contributed by atoms with E-state index in [1.807, 2.05) is 30.5 Å². The Morgan fingerprint density at radius 2 is 1.85 bits per heavy atom. The van der Waals surface area contributed by atoms with Gasteiger partial charge in [-0.25, -0.2) is 4.39 Å². The van der Waals surface area contributed by atoms with E-state index in [-0.39, 0.29) is 12.4 Å². The number of carbonyl (C=O) groups is 1. The summed E-state index contributed by atoms with van der Waals surface area (Å²) in [6, 6.07) is 17.0. The van der Waals surface area contributed by atoms with E-state index in [0.717, 1.165) is 26.5 Å². The van der Waals surface area contributed by atoms with Gasteiger partial charge in [0, 0.05) is 40.1 Å². The van der Waals surface area contributed by atoms with Crippen LogP contribution in [0.25, 0.3) is 10.9 Å². The molecular weight excluding hydrogens is 503 g/mol. The maximum absolute atomic E-state index is 13.9. The van der Waals surface area contributed by atoms with Crippen LogP contribution in [0.15, 0.2) is 71.3 Å². The number of aliphatic carboxylic acids is 1. The number of fused-ring (bicyclic) bond motifs is 1. The number of para-hydroxylation sites is 1. The molecule has 0 aliphatic carbocycles. The number of halogens is 2. The Bertz CT molecular complexity index is 1310. The molecule has 0 aliphatic heterocycles. The van der Waals surface area contributed by atoms with Crippen LogP contribution in [-0.2, 0) is 24.4 Å². The van der Waals surface area contributed by atoms with Crippen molar-refractivity contribution in [1.29, 1.82) is 0 Å². The number of carboxylic acids is 1. The van der Waals surface area contributed by atoms with E-state index >= 15 is 0 Å². The second kappa shape index (κ2) is 10.7. The molecule has 0 radical (unpaired) electrons. The molecule has 1 unspecified atom stereocenters. The smallest absolute Gasteiger partial charge is 0.321 e. The fourth-order valence-corrected chi connectivity index (χ4v) is 4.22. The Hall–Kier alpha value is -3.36. The molecular formula is C26H24BrFN2O4. The molecule has 1 atom stereocenters. The van der Waals surface area contributed by atoms with Crippen molar-refractivity contribution in [1.82, 2.24) is 10.3 Å². The minimum absolute atomic E-state index is 0.0543. The molecule has 3 aromatic carbocycles. The first-order valence-electron chi connectivity index (χ1n) is 10.7. The number of hydrogen-bond acceptors (Lipinski definition) is 4. The molecule has 1 aromatic heterocycles. The Kier molecular flexibility index (Phi) is 7.49. The van der Waals surface area contributed by atoms with Crippen LogP contribution in [0.5, 0.6) is 11.5 Å². The average molecular weight is 527 g/mol. The maximum Gasteiger partial charge on any atom is 0.321 e. The molecule has 8 heteroatoms. The minimum atomic E-state index is -0.932. The van der Waals surface area contributed by atoms with Gasteiger partial charge < -0.3 is 19.6 Å². The summed E-state index contributed by atoms with van der Waals surface area (Å²) in [6.07, 6.45) is 2.18. The number of aromatic amines is 1. The quantitative estimate of drug-likeness (QED) is 0.256. The lowest BCUT2D eigenvalue weighted by Crippen LogP contribution is -2.38. The van der Waals surface area contributed by atoms with Crippen LogP contribution < -0.4 is 14.8 Å². The number of nitrogens with one attached hydrogen (secondary N) is 2. The van der Waals surface area contributed by atoms with Gasteiger partial charge in [-0.3, -0.25) is 10.1 Å². The van der Waals surface area contributed by atoms with Crippen LogP contribution in [0.4, 0.5) is 4.39 Å². The first-order chi connectivity index (χ1) is 16.5. The van der Waals surface area contributed by atoms with Crippen LogP contribution in [0.3, 0.4) is 0 Å². The molecule has 4 aromatic rings. The SMILES string of the molecule is COc1cc(CNC(Cc2c[nH]c3ccccc23)C(=O)O)c(Br)cc1OCc1ccccc1F. The summed E-state index contributed by atoms with van der Waals surface area (Å²) in [6.45, 7) is 0.350. The van der Waals surface area contributed by atoms with Gasteiger partial charge in [-0.2, -0.15) is 0 Å². The first kappa shape index (κ1) is 23.8. The zero-order chi connectivity index (χ0) is 24.1. The predicted octanol–water partition coefficient (Wildman–Crippen LogP) is 5.44. The number of benzene rings is 3. The standard InChI is InChI=1S/C26H24BrFN2O4/c1-33-24-11-18(20(27)12-25(24)34-15-16-6-2-4-8-21(16)28)14-30-23(26(31)32)10-17-13-29-22-9-5-3-7-19(17)22/h2-9,11-13,23,29-30H,10,14-15H2,1H3,(H,31,32). The van der Waals surface area contributed by atoms with Gasteiger partial charge in [-0.1, -0.05) is 52.3 Å². The van der Waals surface area contributed by atoms with Crippen LogP contribution in [0.2, 0.25) is 0 Å². The predicted molar refractivity (Wildman–Crippen MR) is 132 cm³/mol. The number of methoxy groups -OCH3 is 1. The lowest BCUT2D eigenvalue weighted by Gasteiger charge is -2.17. The van der Waals surface area contributed by atoms with Crippen molar-refractivity contribution in [3.63, 3.8) is 0 Å². The monoisotopic (exact) mass is 526 g/mol. The molecule has 0 saturated heterocycles. The first-order valence-corrected chi connectivity index (χ1v) is 11.5. The van der Waals surface area contributed by atoms with E-state index in [4.69, 9.17) is 9.47 Å². The third-order valence-electron chi connectivity index (χ3n) is 5.61. The molecule has 0 saturated carbocycles. The molecule has 4 rings (SSSR count). The fourth-order valence-electron chi connectivity index (χ4n) is 3.76. The highest BCUT2D eigenvalue weighted by molar-refractivity contribution is 9.10. The molecule has 3 N–H and O–H groups in total. The maximum atomic E-state index is 13.9. The van der Waals surface area contributed by atoms with Crippen LogP contribution in [-0.4, -0.2) is 29.2 Å². The van der Waals surface area contributed by atoms with E-state index in [9.17, 15) is 14.3 Å². The molecule has 0 amide bonds. The van der Waals surface area contributed by atoms with Crippen molar-refractivity contribution in [2.45, 2.75) is 25.6 Å². The van der Waals surface area contributed by atoms with Crippen molar-refractivity contribution in [3.8, 4) is 11.5 Å². The van der Waals surface area contributed by atoms with Crippen LogP contribution in [0.1, 0.15) is 16.7 Å². The van der Waals surface area contributed by atoms with Crippen LogP contribution >= 0.6 is 15.9 Å². The zero-order valence-electron chi connectivity index (χ0n) is 18.5. The number of hydrogen-bond donors (Lipinski definition) is 3. The van der Waals surface area contributed by atoms with E-state index in [0.29, 0.717) is 30.0 Å². The number of ether oxygens (including phenoxy) is 2. The third kappa shape index (κ3) is 5.40. The number of rotatable bonds is 10. The van der Waals surface area contributed by atoms with Crippen LogP contribution in [0, 0.1) is 5.82 Å². The van der Waals surface area contributed by atoms with E-state index in [2.05, 4.69) is 26.2 Å². The van der Waals surface area contributed by atoms with Crippen molar-refractivity contribution < 1.29 is 23.8 Å². The van der Waals surface area contributed by atoms with Crippen molar-refractivity contribution in [3.05, 3.63) is 93.8 Å². The Morgan fingerprint density at radius 3 is 2.62 bits per heavy atom. The second-order valence-electron chi connectivity index (χ2n) is 7.81. The summed E-state index contributed by atoms with van der Waals surface area (Å²) in [4.78, 5) is 15.1. The van der Waals surface area contributed by atoms with Gasteiger partial charge in [-0.05, 0) is 35.4 Å². The highest BCUT2D eigenvalue weighted by Crippen LogP contribution is 2.34.